The third-order valence-electron chi connectivity index (χ3n) is 3.14. The van der Waals surface area contributed by atoms with Crippen LogP contribution in [0.1, 0.15) is 19.8 Å². The minimum atomic E-state index is -4.49. The zero-order chi connectivity index (χ0) is 13.3. The van der Waals surface area contributed by atoms with Crippen LogP contribution in [-0.4, -0.2) is 20.2 Å². The van der Waals surface area contributed by atoms with E-state index < -0.39 is 15.6 Å². The Morgan fingerprint density at radius 3 is 2.22 bits per heavy atom. The van der Waals surface area contributed by atoms with Gasteiger partial charge in [-0.05, 0) is 49.9 Å². The fourth-order valence-corrected chi connectivity index (χ4v) is 2.54. The molecule has 1 aliphatic carbocycles. The molecular formula is C12H15F2NO2S. The molecule has 1 aromatic carbocycles. The molecule has 0 amide bonds. The van der Waals surface area contributed by atoms with E-state index in [1.807, 2.05) is 0 Å². The van der Waals surface area contributed by atoms with Gasteiger partial charge in [0.1, 0.15) is 0 Å². The van der Waals surface area contributed by atoms with E-state index in [1.54, 1.807) is 0 Å². The van der Waals surface area contributed by atoms with Gasteiger partial charge in [0, 0.05) is 11.7 Å². The molecule has 100 valence electrons. The number of hydrogen-bond donors (Lipinski definition) is 1. The zero-order valence-electron chi connectivity index (χ0n) is 9.94. The summed E-state index contributed by atoms with van der Waals surface area (Å²) in [5, 5.41) is 3.23. The first-order valence-electron chi connectivity index (χ1n) is 5.80. The summed E-state index contributed by atoms with van der Waals surface area (Å²) >= 11 is 0. The van der Waals surface area contributed by atoms with Crippen LogP contribution >= 0.6 is 0 Å². The van der Waals surface area contributed by atoms with Crippen molar-refractivity contribution in [3.63, 3.8) is 0 Å². The number of alkyl halides is 2. The van der Waals surface area contributed by atoms with Crippen LogP contribution in [0.25, 0.3) is 0 Å². The molecule has 0 heterocycles. The van der Waals surface area contributed by atoms with Crippen LogP contribution in [0.15, 0.2) is 29.2 Å². The highest BCUT2D eigenvalue weighted by Crippen LogP contribution is 2.34. The topological polar surface area (TPSA) is 46.2 Å². The lowest BCUT2D eigenvalue weighted by atomic mass is 10.2. The molecule has 0 aliphatic heterocycles. The first kappa shape index (κ1) is 13.3. The van der Waals surface area contributed by atoms with Crippen molar-refractivity contribution < 1.29 is 17.2 Å². The van der Waals surface area contributed by atoms with Crippen molar-refractivity contribution in [3.8, 4) is 0 Å². The lowest BCUT2D eigenvalue weighted by molar-refractivity contribution is 0.234. The molecule has 1 aliphatic rings. The molecule has 0 aromatic heterocycles. The average molecular weight is 275 g/mol. The van der Waals surface area contributed by atoms with Gasteiger partial charge < -0.3 is 5.32 Å². The van der Waals surface area contributed by atoms with E-state index >= 15 is 0 Å². The molecule has 1 unspecified atom stereocenters. The molecule has 6 heteroatoms. The second-order valence-corrected chi connectivity index (χ2v) is 6.52. The molecule has 2 rings (SSSR count). The largest absolute Gasteiger partial charge is 0.382 e. The number of nitrogens with one attached hydrogen (secondary N) is 1. The Morgan fingerprint density at radius 2 is 1.78 bits per heavy atom. The van der Waals surface area contributed by atoms with Gasteiger partial charge in [-0.25, -0.2) is 8.42 Å². The summed E-state index contributed by atoms with van der Waals surface area (Å²) in [4.78, 5) is -0.345. The summed E-state index contributed by atoms with van der Waals surface area (Å²) in [6, 6.07) is 5.79. The normalized spacial score (nSPS) is 17.8. The highest BCUT2D eigenvalue weighted by molar-refractivity contribution is 7.91. The number of sulfone groups is 1. The van der Waals surface area contributed by atoms with Crippen LogP contribution in [-0.2, 0) is 9.84 Å². The number of benzene rings is 1. The van der Waals surface area contributed by atoms with Crippen LogP contribution in [0.4, 0.5) is 14.5 Å². The Balaban J connectivity index is 2.10. The first-order valence-corrected chi connectivity index (χ1v) is 7.34. The van der Waals surface area contributed by atoms with E-state index in [-0.39, 0.29) is 4.90 Å². The predicted molar refractivity (Wildman–Crippen MR) is 65.4 cm³/mol. The van der Waals surface area contributed by atoms with E-state index in [9.17, 15) is 17.2 Å². The number of hydrogen-bond acceptors (Lipinski definition) is 3. The van der Waals surface area contributed by atoms with Crippen LogP contribution in [0.3, 0.4) is 0 Å². The summed E-state index contributed by atoms with van der Waals surface area (Å²) in [5.41, 5.74) is 0.752. The van der Waals surface area contributed by atoms with Crippen LogP contribution in [0, 0.1) is 5.92 Å². The fraction of sp³-hybridized carbons (Fsp3) is 0.500. The SMILES string of the molecule is CC(Nc1ccc(S(=O)(=O)C(F)F)cc1)C1CC1. The first-order chi connectivity index (χ1) is 8.41. The van der Waals surface area contributed by atoms with E-state index in [0.29, 0.717) is 12.0 Å². The Bertz CT molecular complexity index is 509. The van der Waals surface area contributed by atoms with Gasteiger partial charge in [-0.15, -0.1) is 0 Å². The summed E-state index contributed by atoms with van der Waals surface area (Å²) in [7, 11) is -4.49. The molecule has 0 spiro atoms. The standard InChI is InChI=1S/C12H15F2NO2S/c1-8(9-2-3-9)15-10-4-6-11(7-5-10)18(16,17)12(13)14/h4-9,12,15H,2-3H2,1H3. The summed E-state index contributed by atoms with van der Waals surface area (Å²) in [6.45, 7) is 2.06. The molecule has 0 bridgehead atoms. The van der Waals surface area contributed by atoms with Crippen LogP contribution in [0.5, 0.6) is 0 Å². The van der Waals surface area contributed by atoms with Crippen molar-refractivity contribution in [2.24, 2.45) is 5.92 Å². The Hall–Kier alpha value is -1.17. The third-order valence-corrected chi connectivity index (χ3v) is 4.54. The fourth-order valence-electron chi connectivity index (χ4n) is 1.82. The quantitative estimate of drug-likeness (QED) is 0.898. The second kappa shape index (κ2) is 4.84. The van der Waals surface area contributed by atoms with Crippen molar-refractivity contribution in [1.82, 2.24) is 0 Å². The highest BCUT2D eigenvalue weighted by Gasteiger charge is 2.28. The number of halogens is 2. The molecule has 1 atom stereocenters. The molecule has 3 nitrogen and oxygen atoms in total. The lowest BCUT2D eigenvalue weighted by Gasteiger charge is -2.14. The Labute approximate surface area is 105 Å². The molecule has 1 saturated carbocycles. The lowest BCUT2D eigenvalue weighted by Crippen LogP contribution is -2.17. The van der Waals surface area contributed by atoms with Gasteiger partial charge in [-0.1, -0.05) is 0 Å². The van der Waals surface area contributed by atoms with Crippen molar-refractivity contribution in [2.45, 2.75) is 36.5 Å². The molecule has 1 N–H and O–H groups in total. The van der Waals surface area contributed by atoms with E-state index in [0.717, 1.165) is 5.69 Å². The van der Waals surface area contributed by atoms with E-state index in [4.69, 9.17) is 0 Å². The predicted octanol–water partition coefficient (Wildman–Crippen LogP) is 2.89. The minimum absolute atomic E-state index is 0.322. The van der Waals surface area contributed by atoms with Gasteiger partial charge in [0.25, 0.3) is 0 Å². The van der Waals surface area contributed by atoms with Crippen molar-refractivity contribution in [2.75, 3.05) is 5.32 Å². The summed E-state index contributed by atoms with van der Waals surface area (Å²) in [6.07, 6.45) is 2.40. The van der Waals surface area contributed by atoms with Crippen LogP contribution in [0.2, 0.25) is 0 Å². The van der Waals surface area contributed by atoms with Gasteiger partial charge in [0.15, 0.2) is 0 Å². The number of anilines is 1. The van der Waals surface area contributed by atoms with E-state index in [2.05, 4.69) is 12.2 Å². The Morgan fingerprint density at radius 1 is 1.22 bits per heavy atom. The minimum Gasteiger partial charge on any atom is -0.382 e. The Kier molecular flexibility index (Phi) is 3.56. The summed E-state index contributed by atoms with van der Waals surface area (Å²) < 4.78 is 47.1. The maximum absolute atomic E-state index is 12.3. The van der Waals surface area contributed by atoms with Gasteiger partial charge >= 0.3 is 5.76 Å². The molecule has 1 aromatic rings. The second-order valence-electron chi connectivity index (χ2n) is 4.60. The maximum atomic E-state index is 12.3. The zero-order valence-corrected chi connectivity index (χ0v) is 10.8. The molecular weight excluding hydrogens is 260 g/mol. The van der Waals surface area contributed by atoms with Crippen molar-refractivity contribution >= 4 is 15.5 Å². The van der Waals surface area contributed by atoms with Gasteiger partial charge in [-0.2, -0.15) is 8.78 Å². The maximum Gasteiger partial charge on any atom is 0.341 e. The molecule has 18 heavy (non-hydrogen) atoms. The monoisotopic (exact) mass is 275 g/mol. The van der Waals surface area contributed by atoms with E-state index in [1.165, 1.54) is 37.1 Å². The van der Waals surface area contributed by atoms with Crippen LogP contribution < -0.4 is 5.32 Å². The average Bonchev–Trinajstić information content (AvgIpc) is 3.13. The van der Waals surface area contributed by atoms with Gasteiger partial charge in [0.2, 0.25) is 9.84 Å². The number of rotatable bonds is 5. The molecule has 0 saturated heterocycles. The smallest absolute Gasteiger partial charge is 0.341 e. The molecule has 0 radical (unpaired) electrons. The van der Waals surface area contributed by atoms with Gasteiger partial charge in [-0.3, -0.25) is 0 Å². The van der Waals surface area contributed by atoms with Crippen molar-refractivity contribution in [1.29, 1.82) is 0 Å². The third kappa shape index (κ3) is 2.80. The highest BCUT2D eigenvalue weighted by atomic mass is 32.2. The van der Waals surface area contributed by atoms with Gasteiger partial charge in [0.05, 0.1) is 4.90 Å². The molecule has 1 fully saturated rings. The summed E-state index contributed by atoms with van der Waals surface area (Å²) in [5.74, 6) is -2.71. The van der Waals surface area contributed by atoms with Crippen molar-refractivity contribution in [3.05, 3.63) is 24.3 Å².